The predicted molar refractivity (Wildman–Crippen MR) is 104 cm³/mol. The van der Waals surface area contributed by atoms with Gasteiger partial charge in [0.2, 0.25) is 11.8 Å². The molecule has 1 heterocycles. The molecule has 2 amide bonds. The van der Waals surface area contributed by atoms with Crippen LogP contribution in [0.3, 0.4) is 0 Å². The second-order valence-electron chi connectivity index (χ2n) is 6.98. The van der Waals surface area contributed by atoms with E-state index in [1.54, 1.807) is 4.90 Å². The maximum Gasteiger partial charge on any atom is 0.237 e. The highest BCUT2D eigenvalue weighted by atomic mass is 16.2. The maximum absolute atomic E-state index is 13.3. The highest BCUT2D eigenvalue weighted by molar-refractivity contribution is 6.08. The molecule has 0 radical (unpaired) electrons. The quantitative estimate of drug-likeness (QED) is 0.831. The monoisotopic (exact) mass is 350 g/mol. The third-order valence-electron chi connectivity index (χ3n) is 5.19. The second kappa shape index (κ2) is 7.73. The van der Waals surface area contributed by atoms with E-state index in [0.29, 0.717) is 25.8 Å². The van der Waals surface area contributed by atoms with Crippen LogP contribution in [0.1, 0.15) is 37.3 Å². The van der Waals surface area contributed by atoms with E-state index in [9.17, 15) is 9.59 Å². The van der Waals surface area contributed by atoms with Crippen molar-refractivity contribution in [3.63, 3.8) is 0 Å². The Morgan fingerprint density at radius 1 is 1.08 bits per heavy atom. The van der Waals surface area contributed by atoms with Gasteiger partial charge < -0.3 is 10.2 Å². The van der Waals surface area contributed by atoms with Gasteiger partial charge in [-0.3, -0.25) is 9.59 Å². The molecule has 4 heteroatoms. The number of nitrogens with zero attached hydrogens (tertiary/aromatic N) is 1. The van der Waals surface area contributed by atoms with E-state index in [0.717, 1.165) is 23.2 Å². The highest BCUT2D eigenvalue weighted by Crippen LogP contribution is 2.46. The van der Waals surface area contributed by atoms with Gasteiger partial charge in [-0.05, 0) is 36.5 Å². The molecule has 26 heavy (non-hydrogen) atoms. The van der Waals surface area contributed by atoms with Gasteiger partial charge in [0.15, 0.2) is 0 Å². The number of para-hydroxylation sites is 1. The van der Waals surface area contributed by atoms with Crippen molar-refractivity contribution in [3.8, 4) is 0 Å². The van der Waals surface area contributed by atoms with Crippen LogP contribution in [0.2, 0.25) is 0 Å². The Balaban J connectivity index is 1.95. The first-order chi connectivity index (χ1) is 12.6. The van der Waals surface area contributed by atoms with Gasteiger partial charge in [0, 0.05) is 25.7 Å². The van der Waals surface area contributed by atoms with Gasteiger partial charge in [-0.25, -0.2) is 0 Å². The van der Waals surface area contributed by atoms with Gasteiger partial charge in [-0.2, -0.15) is 0 Å². The lowest BCUT2D eigenvalue weighted by molar-refractivity contribution is -0.124. The van der Waals surface area contributed by atoms with Crippen molar-refractivity contribution in [2.75, 3.05) is 18.5 Å². The van der Waals surface area contributed by atoms with Crippen LogP contribution in [0.5, 0.6) is 0 Å². The summed E-state index contributed by atoms with van der Waals surface area (Å²) in [6.07, 6.45) is 2.37. The minimum Gasteiger partial charge on any atom is -0.356 e. The Labute approximate surface area is 155 Å². The van der Waals surface area contributed by atoms with Crippen molar-refractivity contribution in [3.05, 3.63) is 65.7 Å². The summed E-state index contributed by atoms with van der Waals surface area (Å²) in [7, 11) is 1.82. The van der Waals surface area contributed by atoms with Crippen LogP contribution in [0.15, 0.2) is 54.6 Å². The molecule has 2 aromatic rings. The normalized spacial score (nSPS) is 18.7. The molecule has 3 rings (SSSR count). The van der Waals surface area contributed by atoms with Crippen LogP contribution in [0.4, 0.5) is 5.69 Å². The summed E-state index contributed by atoms with van der Waals surface area (Å²) in [5.74, 6) is 0.0879. The molecule has 4 nitrogen and oxygen atoms in total. The van der Waals surface area contributed by atoms with E-state index >= 15 is 0 Å². The van der Waals surface area contributed by atoms with Crippen LogP contribution >= 0.6 is 0 Å². The summed E-state index contributed by atoms with van der Waals surface area (Å²) in [6.45, 7) is 2.71. The van der Waals surface area contributed by atoms with Crippen LogP contribution in [-0.2, 0) is 21.4 Å². The number of rotatable bonds is 7. The van der Waals surface area contributed by atoms with Gasteiger partial charge in [-0.1, -0.05) is 55.5 Å². The molecule has 0 saturated carbocycles. The van der Waals surface area contributed by atoms with E-state index in [1.807, 2.05) is 68.6 Å². The molecule has 0 unspecified atom stereocenters. The molecular formula is C22H26N2O2. The first kappa shape index (κ1) is 18.2. The van der Waals surface area contributed by atoms with Crippen molar-refractivity contribution in [1.29, 1.82) is 0 Å². The Morgan fingerprint density at radius 3 is 2.50 bits per heavy atom. The number of anilines is 1. The SMILES string of the molecule is CCCNC(=O)CC[C@]1(Cc2ccccc2)C(=O)N(C)c2ccccc21. The van der Waals surface area contributed by atoms with E-state index in [4.69, 9.17) is 0 Å². The first-order valence-electron chi connectivity index (χ1n) is 9.27. The fourth-order valence-electron chi connectivity index (χ4n) is 3.84. The third kappa shape index (κ3) is 3.36. The zero-order valence-corrected chi connectivity index (χ0v) is 15.5. The van der Waals surface area contributed by atoms with Crippen molar-refractivity contribution in [2.45, 2.75) is 38.0 Å². The number of carbonyl (C=O) groups is 2. The highest BCUT2D eigenvalue weighted by Gasteiger charge is 2.49. The zero-order chi connectivity index (χ0) is 18.6. The van der Waals surface area contributed by atoms with Gasteiger partial charge in [-0.15, -0.1) is 0 Å². The smallest absolute Gasteiger partial charge is 0.237 e. The summed E-state index contributed by atoms with van der Waals surface area (Å²) in [6, 6.07) is 18.0. The van der Waals surface area contributed by atoms with Crippen LogP contribution in [0.25, 0.3) is 0 Å². The summed E-state index contributed by atoms with van der Waals surface area (Å²) in [5, 5.41) is 2.92. The number of amides is 2. The van der Waals surface area contributed by atoms with Gasteiger partial charge in [0.25, 0.3) is 0 Å². The standard InChI is InChI=1S/C22H26N2O2/c1-3-15-23-20(25)13-14-22(16-17-9-5-4-6-10-17)18-11-7-8-12-19(18)24(2)21(22)26/h4-12H,3,13-16H2,1-2H3,(H,23,25)/t22-/m1/s1. The van der Waals surface area contributed by atoms with Gasteiger partial charge >= 0.3 is 0 Å². The zero-order valence-electron chi connectivity index (χ0n) is 15.5. The Bertz CT molecular complexity index is 788. The van der Waals surface area contributed by atoms with Crippen molar-refractivity contribution in [2.24, 2.45) is 0 Å². The minimum absolute atomic E-state index is 0.0131. The number of benzene rings is 2. The van der Waals surface area contributed by atoms with Crippen molar-refractivity contribution < 1.29 is 9.59 Å². The molecule has 0 fully saturated rings. The first-order valence-corrected chi connectivity index (χ1v) is 9.27. The van der Waals surface area contributed by atoms with Gasteiger partial charge in [0.1, 0.15) is 0 Å². The predicted octanol–water partition coefficient (Wildman–Crippen LogP) is 3.45. The van der Waals surface area contributed by atoms with Crippen molar-refractivity contribution >= 4 is 17.5 Å². The molecular weight excluding hydrogens is 324 g/mol. The molecule has 0 spiro atoms. The lowest BCUT2D eigenvalue weighted by atomic mass is 9.73. The number of nitrogens with one attached hydrogen (secondary N) is 1. The van der Waals surface area contributed by atoms with Crippen molar-refractivity contribution in [1.82, 2.24) is 5.32 Å². The lowest BCUT2D eigenvalue weighted by Crippen LogP contribution is -2.41. The summed E-state index contributed by atoms with van der Waals surface area (Å²) < 4.78 is 0. The number of hydrogen-bond donors (Lipinski definition) is 1. The number of likely N-dealkylation sites (N-methyl/N-ethyl adjacent to an activating group) is 1. The average molecular weight is 350 g/mol. The topological polar surface area (TPSA) is 49.4 Å². The number of hydrogen-bond acceptors (Lipinski definition) is 2. The molecule has 0 saturated heterocycles. The molecule has 1 atom stereocenters. The summed E-state index contributed by atoms with van der Waals surface area (Å²) in [5.41, 5.74) is 2.40. The van der Waals surface area contributed by atoms with E-state index in [2.05, 4.69) is 5.32 Å². The molecule has 1 aliphatic heterocycles. The molecule has 0 aliphatic carbocycles. The largest absolute Gasteiger partial charge is 0.356 e. The maximum atomic E-state index is 13.3. The molecule has 2 aromatic carbocycles. The van der Waals surface area contributed by atoms with Crippen LogP contribution in [-0.4, -0.2) is 25.4 Å². The molecule has 1 aliphatic rings. The van der Waals surface area contributed by atoms with E-state index in [1.165, 1.54) is 0 Å². The van der Waals surface area contributed by atoms with E-state index < -0.39 is 5.41 Å². The minimum atomic E-state index is -0.684. The third-order valence-corrected chi connectivity index (χ3v) is 5.19. The second-order valence-corrected chi connectivity index (χ2v) is 6.98. The summed E-state index contributed by atoms with van der Waals surface area (Å²) in [4.78, 5) is 27.3. The molecule has 1 N–H and O–H groups in total. The number of carbonyl (C=O) groups excluding carboxylic acids is 2. The van der Waals surface area contributed by atoms with Crippen LogP contribution in [0, 0.1) is 0 Å². The fourth-order valence-corrected chi connectivity index (χ4v) is 3.84. The van der Waals surface area contributed by atoms with Crippen LogP contribution < -0.4 is 10.2 Å². The average Bonchev–Trinajstić information content (AvgIpc) is 2.88. The summed E-state index contributed by atoms with van der Waals surface area (Å²) >= 11 is 0. The molecule has 136 valence electrons. The Morgan fingerprint density at radius 2 is 1.77 bits per heavy atom. The Hall–Kier alpha value is -2.62. The van der Waals surface area contributed by atoms with E-state index in [-0.39, 0.29) is 11.8 Å². The fraction of sp³-hybridized carbons (Fsp3) is 0.364. The van der Waals surface area contributed by atoms with Gasteiger partial charge in [0.05, 0.1) is 5.41 Å². The molecule has 0 bridgehead atoms. The molecule has 0 aromatic heterocycles. The number of fused-ring (bicyclic) bond motifs is 1. The lowest BCUT2D eigenvalue weighted by Gasteiger charge is -2.28. The Kier molecular flexibility index (Phi) is 5.40.